The molecule has 51 heavy (non-hydrogen) atoms. The van der Waals surface area contributed by atoms with E-state index in [9.17, 15) is 35.1 Å². The molecule has 1 unspecified atom stereocenters. The summed E-state index contributed by atoms with van der Waals surface area (Å²) in [5.74, 6) is -4.98. The van der Waals surface area contributed by atoms with Crippen molar-refractivity contribution in [1.82, 2.24) is 4.90 Å². The molecule has 3 aliphatic heterocycles. The summed E-state index contributed by atoms with van der Waals surface area (Å²) in [7, 11) is 5.18. The number of esters is 1. The highest BCUT2D eigenvalue weighted by Gasteiger charge is 2.53. The van der Waals surface area contributed by atoms with Crippen LogP contribution in [0.3, 0.4) is 0 Å². The van der Waals surface area contributed by atoms with Crippen molar-refractivity contribution in [2.45, 2.75) is 179 Å². The van der Waals surface area contributed by atoms with Gasteiger partial charge in [-0.3, -0.25) is 9.59 Å². The maximum atomic E-state index is 14.1. The first-order valence-corrected chi connectivity index (χ1v) is 18.5. The molecule has 5 N–H and O–H groups in total. The fourth-order valence-electron chi connectivity index (χ4n) is 8.41. The van der Waals surface area contributed by atoms with Gasteiger partial charge in [0.25, 0.3) is 0 Å². The zero-order valence-electron chi connectivity index (χ0n) is 32.9. The van der Waals surface area contributed by atoms with Crippen molar-refractivity contribution in [3.8, 4) is 0 Å². The molecule has 3 saturated heterocycles. The van der Waals surface area contributed by atoms with Crippen LogP contribution in [-0.4, -0.2) is 148 Å². The summed E-state index contributed by atoms with van der Waals surface area (Å²) in [4.78, 5) is 29.8. The SMILES string of the molecule is CC[C@H]1OC(=O)[C@H](C)C(O[C@H]2C[C@@](C)(OC)[C@@H](O)[C@H](C)O2)[C@H](C)[C@@H](O[C@@H]2O[C@H](C)C[C@H](N(C)C)[C@H]2O)[C@](C)(O)C[C@@H](C)C(=O)[C@H](C)[C@@H](O)[C@]1(C)O. The minimum atomic E-state index is -1.99. The summed E-state index contributed by atoms with van der Waals surface area (Å²) < 4.78 is 37.1. The summed E-state index contributed by atoms with van der Waals surface area (Å²) in [6.45, 7) is 16.3. The lowest BCUT2D eigenvalue weighted by molar-refractivity contribution is -0.318. The van der Waals surface area contributed by atoms with Crippen LogP contribution in [0.2, 0.25) is 0 Å². The molecule has 3 fully saturated rings. The second kappa shape index (κ2) is 17.0. The van der Waals surface area contributed by atoms with E-state index in [-0.39, 0.29) is 31.4 Å². The molecular weight excluding hydrogens is 666 g/mol. The van der Waals surface area contributed by atoms with Gasteiger partial charge in [0.2, 0.25) is 0 Å². The van der Waals surface area contributed by atoms with Gasteiger partial charge in [0.1, 0.15) is 29.7 Å². The number of methoxy groups -OCH3 is 1. The number of hydrogen-bond acceptors (Lipinski definition) is 14. The van der Waals surface area contributed by atoms with Gasteiger partial charge in [0, 0.05) is 37.3 Å². The highest BCUT2D eigenvalue weighted by atomic mass is 16.7. The third-order valence-corrected chi connectivity index (χ3v) is 11.8. The molecule has 0 amide bonds. The van der Waals surface area contributed by atoms with E-state index in [1.807, 2.05) is 25.9 Å². The highest BCUT2D eigenvalue weighted by Crippen LogP contribution is 2.40. The number of aliphatic hydroxyl groups excluding tert-OH is 3. The molecule has 0 aromatic heterocycles. The smallest absolute Gasteiger partial charge is 0.311 e. The molecule has 0 saturated carbocycles. The molecule has 0 aromatic carbocycles. The van der Waals surface area contributed by atoms with Crippen LogP contribution in [0.5, 0.6) is 0 Å². The van der Waals surface area contributed by atoms with Crippen molar-refractivity contribution in [2.24, 2.45) is 23.7 Å². The van der Waals surface area contributed by atoms with E-state index in [1.54, 1.807) is 41.5 Å². The van der Waals surface area contributed by atoms with Crippen LogP contribution < -0.4 is 0 Å². The first kappa shape index (κ1) is 44.1. The summed E-state index contributed by atoms with van der Waals surface area (Å²) >= 11 is 0. The number of carbonyl (C=O) groups excluding carboxylic acids is 2. The van der Waals surface area contributed by atoms with Gasteiger partial charge in [-0.1, -0.05) is 27.7 Å². The van der Waals surface area contributed by atoms with Crippen LogP contribution in [-0.2, 0) is 38.0 Å². The lowest BCUT2D eigenvalue weighted by Crippen LogP contribution is -2.61. The number of ketones is 1. The van der Waals surface area contributed by atoms with E-state index in [0.29, 0.717) is 6.42 Å². The van der Waals surface area contributed by atoms with Crippen molar-refractivity contribution < 1.29 is 63.5 Å². The summed E-state index contributed by atoms with van der Waals surface area (Å²) in [5.41, 5.74) is -4.84. The summed E-state index contributed by atoms with van der Waals surface area (Å²) in [6.07, 6.45) is -9.71. The standard InChI is InChI=1S/C37H67NO13/c1-14-25-37(10,45)30(41)20(4)27(39)18(2)16-35(8,44)32(51-34-28(40)24(38(11)12)15-19(3)47-34)21(5)29(22(6)33(43)49-25)50-26-17-36(9,46-13)31(42)23(7)48-26/h18-26,28-32,34,40-42,44-45H,14-17H2,1-13H3/t18-,19-,20+,21+,22-,23+,24+,25-,26+,28-,29?,30-,31+,32-,34+,35-,36-,37-/m1/s1. The third-order valence-electron chi connectivity index (χ3n) is 11.8. The fraction of sp³-hybridized carbons (Fsp3) is 0.946. The Morgan fingerprint density at radius 2 is 1.49 bits per heavy atom. The number of Topliss-reactive ketones (excluding diaryl/α,β-unsaturated/α-hetero) is 1. The van der Waals surface area contributed by atoms with E-state index in [1.165, 1.54) is 27.9 Å². The average Bonchev–Trinajstić information content (AvgIpc) is 3.05. The summed E-state index contributed by atoms with van der Waals surface area (Å²) in [5, 5.41) is 57.6. The van der Waals surface area contributed by atoms with Crippen molar-refractivity contribution in [2.75, 3.05) is 21.2 Å². The maximum absolute atomic E-state index is 14.1. The van der Waals surface area contributed by atoms with Gasteiger partial charge in [0.15, 0.2) is 12.6 Å². The normalized spacial score (nSPS) is 49.7. The fourth-order valence-corrected chi connectivity index (χ4v) is 8.41. The molecule has 0 aromatic rings. The Morgan fingerprint density at radius 1 is 0.882 bits per heavy atom. The molecule has 14 nitrogen and oxygen atoms in total. The van der Waals surface area contributed by atoms with Gasteiger partial charge in [0.05, 0.1) is 47.6 Å². The van der Waals surface area contributed by atoms with Gasteiger partial charge < -0.3 is 58.9 Å². The molecule has 0 radical (unpaired) electrons. The minimum Gasteiger partial charge on any atom is -0.459 e. The number of rotatable bonds is 7. The Balaban J connectivity index is 2.18. The van der Waals surface area contributed by atoms with Gasteiger partial charge in [-0.15, -0.1) is 0 Å². The van der Waals surface area contributed by atoms with Crippen molar-refractivity contribution >= 4 is 11.8 Å². The number of ether oxygens (including phenoxy) is 6. The van der Waals surface area contributed by atoms with Crippen molar-refractivity contribution in [1.29, 1.82) is 0 Å². The van der Waals surface area contributed by atoms with Crippen LogP contribution >= 0.6 is 0 Å². The van der Waals surface area contributed by atoms with Crippen LogP contribution in [0.25, 0.3) is 0 Å². The molecule has 0 aliphatic carbocycles. The maximum Gasteiger partial charge on any atom is 0.311 e. The van der Waals surface area contributed by atoms with Crippen LogP contribution in [0, 0.1) is 23.7 Å². The van der Waals surface area contributed by atoms with E-state index < -0.39 is 108 Å². The van der Waals surface area contributed by atoms with E-state index >= 15 is 0 Å². The molecule has 0 spiro atoms. The zero-order chi connectivity index (χ0) is 39.0. The molecule has 0 bridgehead atoms. The molecule has 18 atom stereocenters. The minimum absolute atomic E-state index is 0.0936. The molecule has 3 heterocycles. The lowest BCUT2D eigenvalue weighted by atomic mass is 9.74. The van der Waals surface area contributed by atoms with Crippen LogP contribution in [0.4, 0.5) is 0 Å². The summed E-state index contributed by atoms with van der Waals surface area (Å²) in [6, 6.07) is -0.324. The average molecular weight is 734 g/mol. The lowest BCUT2D eigenvalue weighted by Gasteiger charge is -2.49. The van der Waals surface area contributed by atoms with Gasteiger partial charge in [-0.05, 0) is 74.9 Å². The molecule has 298 valence electrons. The topological polar surface area (TPSA) is 194 Å². The van der Waals surface area contributed by atoms with Crippen molar-refractivity contribution in [3.05, 3.63) is 0 Å². The molecule has 3 rings (SSSR count). The van der Waals surface area contributed by atoms with E-state index in [2.05, 4.69) is 0 Å². The van der Waals surface area contributed by atoms with Crippen LogP contribution in [0.15, 0.2) is 0 Å². The van der Waals surface area contributed by atoms with E-state index in [4.69, 9.17) is 28.4 Å². The predicted octanol–water partition coefficient (Wildman–Crippen LogP) is 1.79. The molecule has 3 aliphatic rings. The first-order chi connectivity index (χ1) is 23.4. The predicted molar refractivity (Wildman–Crippen MR) is 186 cm³/mol. The van der Waals surface area contributed by atoms with Gasteiger partial charge in [-0.25, -0.2) is 0 Å². The second-order valence-corrected chi connectivity index (χ2v) is 16.5. The monoisotopic (exact) mass is 733 g/mol. The zero-order valence-corrected chi connectivity index (χ0v) is 32.9. The Morgan fingerprint density at radius 3 is 2.04 bits per heavy atom. The number of cyclic esters (lactones) is 1. The first-order valence-electron chi connectivity index (χ1n) is 18.5. The van der Waals surface area contributed by atoms with E-state index in [0.717, 1.165) is 0 Å². The quantitative estimate of drug-likeness (QED) is 0.238. The Hall–Kier alpha value is -1.30. The largest absolute Gasteiger partial charge is 0.459 e. The number of hydrogen-bond donors (Lipinski definition) is 5. The number of aliphatic hydroxyl groups is 5. The number of carbonyl (C=O) groups is 2. The third kappa shape index (κ3) is 9.51. The highest BCUT2D eigenvalue weighted by molar-refractivity contribution is 5.83. The Bertz CT molecular complexity index is 1170. The van der Waals surface area contributed by atoms with Crippen LogP contribution in [0.1, 0.15) is 94.9 Å². The van der Waals surface area contributed by atoms with Gasteiger partial charge >= 0.3 is 5.97 Å². The molecular formula is C37H67NO13. The Kier molecular flexibility index (Phi) is 14.7. The Labute approximate surface area is 304 Å². The second-order valence-electron chi connectivity index (χ2n) is 16.5. The number of nitrogens with zero attached hydrogens (tertiary/aromatic N) is 1. The van der Waals surface area contributed by atoms with Gasteiger partial charge in [-0.2, -0.15) is 0 Å². The van der Waals surface area contributed by atoms with Crippen molar-refractivity contribution in [3.63, 3.8) is 0 Å². The molecule has 14 heteroatoms. The number of likely N-dealkylation sites (N-methyl/N-ethyl adjacent to an activating group) is 1.